The van der Waals surface area contributed by atoms with Crippen molar-refractivity contribution >= 4 is 5.91 Å². The summed E-state index contributed by atoms with van der Waals surface area (Å²) in [5.74, 6) is 1.35. The molecule has 25 heavy (non-hydrogen) atoms. The summed E-state index contributed by atoms with van der Waals surface area (Å²) < 4.78 is 10.7. The van der Waals surface area contributed by atoms with Gasteiger partial charge in [-0.25, -0.2) is 0 Å². The summed E-state index contributed by atoms with van der Waals surface area (Å²) in [6.07, 6.45) is 0. The van der Waals surface area contributed by atoms with E-state index in [1.807, 2.05) is 55.6 Å². The standard InChI is InChI=1S/C21H27NO3/c1-15(2)20(17-11-12-18(24-4)19(13-17)25-5)21(23)22(3)14-16-9-7-6-8-10-16/h6-13,15,20H,14H2,1-5H3. The monoisotopic (exact) mass is 341 g/mol. The lowest BCUT2D eigenvalue weighted by molar-refractivity contribution is -0.133. The highest BCUT2D eigenvalue weighted by molar-refractivity contribution is 5.84. The molecule has 0 fully saturated rings. The van der Waals surface area contributed by atoms with E-state index < -0.39 is 0 Å². The minimum atomic E-state index is -0.228. The van der Waals surface area contributed by atoms with Crippen LogP contribution in [0.25, 0.3) is 0 Å². The fraction of sp³-hybridized carbons (Fsp3) is 0.381. The summed E-state index contributed by atoms with van der Waals surface area (Å²) in [4.78, 5) is 14.9. The van der Waals surface area contributed by atoms with Crippen molar-refractivity contribution in [3.05, 3.63) is 59.7 Å². The van der Waals surface area contributed by atoms with Crippen LogP contribution in [0.4, 0.5) is 0 Å². The maximum Gasteiger partial charge on any atom is 0.230 e. The predicted octanol–water partition coefficient (Wildman–Crippen LogP) is 4.10. The second kappa shape index (κ2) is 8.56. The van der Waals surface area contributed by atoms with Gasteiger partial charge in [0, 0.05) is 13.6 Å². The van der Waals surface area contributed by atoms with Gasteiger partial charge in [-0.1, -0.05) is 50.2 Å². The normalized spacial score (nSPS) is 11.9. The Hall–Kier alpha value is -2.49. The summed E-state index contributed by atoms with van der Waals surface area (Å²) in [5, 5.41) is 0. The minimum absolute atomic E-state index is 0.103. The van der Waals surface area contributed by atoms with E-state index in [1.165, 1.54) is 0 Å². The molecule has 1 unspecified atom stereocenters. The third-order valence-corrected chi connectivity index (χ3v) is 4.34. The zero-order chi connectivity index (χ0) is 18.4. The first kappa shape index (κ1) is 18.8. The Balaban J connectivity index is 2.26. The van der Waals surface area contributed by atoms with Gasteiger partial charge in [-0.3, -0.25) is 4.79 Å². The average molecular weight is 341 g/mol. The van der Waals surface area contributed by atoms with Crippen molar-refractivity contribution in [1.82, 2.24) is 4.90 Å². The molecular formula is C21H27NO3. The molecule has 2 aromatic carbocycles. The number of hydrogen-bond donors (Lipinski definition) is 0. The number of ether oxygens (including phenoxy) is 2. The summed E-state index contributed by atoms with van der Waals surface area (Å²) in [6.45, 7) is 4.72. The SMILES string of the molecule is COc1ccc(C(C(=O)N(C)Cc2ccccc2)C(C)C)cc1OC. The number of amides is 1. The van der Waals surface area contributed by atoms with Gasteiger partial charge in [0.25, 0.3) is 0 Å². The maximum atomic E-state index is 13.1. The molecular weight excluding hydrogens is 314 g/mol. The van der Waals surface area contributed by atoms with Crippen molar-refractivity contribution in [2.75, 3.05) is 21.3 Å². The maximum absolute atomic E-state index is 13.1. The number of carbonyl (C=O) groups excluding carboxylic acids is 1. The number of rotatable bonds is 7. The first-order valence-electron chi connectivity index (χ1n) is 8.48. The largest absolute Gasteiger partial charge is 0.493 e. The summed E-state index contributed by atoms with van der Waals surface area (Å²) >= 11 is 0. The van der Waals surface area contributed by atoms with Gasteiger partial charge in [-0.15, -0.1) is 0 Å². The van der Waals surface area contributed by atoms with Gasteiger partial charge in [0.15, 0.2) is 11.5 Å². The fourth-order valence-corrected chi connectivity index (χ4v) is 3.03. The van der Waals surface area contributed by atoms with Crippen molar-refractivity contribution in [2.24, 2.45) is 5.92 Å². The van der Waals surface area contributed by atoms with Gasteiger partial charge in [0.2, 0.25) is 5.91 Å². The number of benzene rings is 2. The molecule has 0 aromatic heterocycles. The van der Waals surface area contributed by atoms with Gasteiger partial charge in [0.05, 0.1) is 20.1 Å². The van der Waals surface area contributed by atoms with E-state index in [1.54, 1.807) is 19.1 Å². The van der Waals surface area contributed by atoms with E-state index in [2.05, 4.69) is 13.8 Å². The van der Waals surface area contributed by atoms with Crippen LogP contribution < -0.4 is 9.47 Å². The zero-order valence-corrected chi connectivity index (χ0v) is 15.7. The van der Waals surface area contributed by atoms with Crippen LogP contribution in [0.3, 0.4) is 0 Å². The summed E-state index contributed by atoms with van der Waals surface area (Å²) in [5.41, 5.74) is 2.06. The van der Waals surface area contributed by atoms with Gasteiger partial charge in [-0.05, 0) is 29.2 Å². The van der Waals surface area contributed by atoms with Crippen LogP contribution in [0.1, 0.15) is 30.9 Å². The lowest BCUT2D eigenvalue weighted by atomic mass is 9.87. The molecule has 0 aliphatic rings. The Kier molecular flexibility index (Phi) is 6.45. The molecule has 2 aromatic rings. The number of nitrogens with zero attached hydrogens (tertiary/aromatic N) is 1. The van der Waals surface area contributed by atoms with E-state index in [9.17, 15) is 4.79 Å². The highest BCUT2D eigenvalue weighted by Gasteiger charge is 2.28. The van der Waals surface area contributed by atoms with Crippen LogP contribution in [-0.2, 0) is 11.3 Å². The Morgan fingerprint density at radius 1 is 1.00 bits per heavy atom. The van der Waals surface area contributed by atoms with Gasteiger partial charge in [-0.2, -0.15) is 0 Å². The Bertz CT molecular complexity index is 698. The van der Waals surface area contributed by atoms with Gasteiger partial charge in [0.1, 0.15) is 0 Å². The predicted molar refractivity (Wildman–Crippen MR) is 100 cm³/mol. The molecule has 0 saturated carbocycles. The molecule has 0 radical (unpaired) electrons. The fourth-order valence-electron chi connectivity index (χ4n) is 3.03. The molecule has 0 N–H and O–H groups in total. The van der Waals surface area contributed by atoms with E-state index >= 15 is 0 Å². The number of hydrogen-bond acceptors (Lipinski definition) is 3. The molecule has 1 amide bonds. The van der Waals surface area contributed by atoms with E-state index in [0.717, 1.165) is 11.1 Å². The molecule has 134 valence electrons. The van der Waals surface area contributed by atoms with Crippen molar-refractivity contribution in [1.29, 1.82) is 0 Å². The molecule has 4 heteroatoms. The zero-order valence-electron chi connectivity index (χ0n) is 15.7. The first-order valence-corrected chi connectivity index (χ1v) is 8.48. The quantitative estimate of drug-likeness (QED) is 0.761. The number of likely N-dealkylation sites (N-methyl/N-ethyl adjacent to an activating group) is 1. The molecule has 2 rings (SSSR count). The minimum Gasteiger partial charge on any atom is -0.493 e. The van der Waals surface area contributed by atoms with Crippen molar-refractivity contribution in [2.45, 2.75) is 26.3 Å². The lowest BCUT2D eigenvalue weighted by Crippen LogP contribution is -2.33. The van der Waals surface area contributed by atoms with Crippen molar-refractivity contribution < 1.29 is 14.3 Å². The van der Waals surface area contributed by atoms with Crippen LogP contribution in [0, 0.1) is 5.92 Å². The average Bonchev–Trinajstić information content (AvgIpc) is 2.62. The smallest absolute Gasteiger partial charge is 0.230 e. The van der Waals surface area contributed by atoms with E-state index in [-0.39, 0.29) is 17.7 Å². The first-order chi connectivity index (χ1) is 12.0. The van der Waals surface area contributed by atoms with E-state index in [4.69, 9.17) is 9.47 Å². The van der Waals surface area contributed by atoms with Crippen LogP contribution >= 0.6 is 0 Å². The summed E-state index contributed by atoms with van der Waals surface area (Å²) in [6, 6.07) is 15.7. The summed E-state index contributed by atoms with van der Waals surface area (Å²) in [7, 11) is 5.07. The molecule has 0 aliphatic carbocycles. The second-order valence-corrected chi connectivity index (χ2v) is 6.52. The van der Waals surface area contributed by atoms with Crippen LogP contribution in [-0.4, -0.2) is 32.1 Å². The topological polar surface area (TPSA) is 38.8 Å². The Labute approximate surface area is 150 Å². The highest BCUT2D eigenvalue weighted by atomic mass is 16.5. The third-order valence-electron chi connectivity index (χ3n) is 4.34. The number of methoxy groups -OCH3 is 2. The van der Waals surface area contributed by atoms with Crippen LogP contribution in [0.2, 0.25) is 0 Å². The second-order valence-electron chi connectivity index (χ2n) is 6.52. The molecule has 0 heterocycles. The molecule has 0 saturated heterocycles. The molecule has 4 nitrogen and oxygen atoms in total. The van der Waals surface area contributed by atoms with E-state index in [0.29, 0.717) is 18.0 Å². The molecule has 1 atom stereocenters. The molecule has 0 spiro atoms. The Morgan fingerprint density at radius 2 is 1.64 bits per heavy atom. The van der Waals surface area contributed by atoms with Gasteiger partial charge < -0.3 is 14.4 Å². The lowest BCUT2D eigenvalue weighted by Gasteiger charge is -2.27. The number of carbonyl (C=O) groups is 1. The van der Waals surface area contributed by atoms with Crippen molar-refractivity contribution in [3.63, 3.8) is 0 Å². The highest BCUT2D eigenvalue weighted by Crippen LogP contribution is 2.34. The Morgan fingerprint density at radius 3 is 2.20 bits per heavy atom. The molecule has 0 aliphatic heterocycles. The van der Waals surface area contributed by atoms with Crippen LogP contribution in [0.15, 0.2) is 48.5 Å². The van der Waals surface area contributed by atoms with Crippen LogP contribution in [0.5, 0.6) is 11.5 Å². The molecule has 0 bridgehead atoms. The van der Waals surface area contributed by atoms with Crippen molar-refractivity contribution in [3.8, 4) is 11.5 Å². The van der Waals surface area contributed by atoms with Gasteiger partial charge >= 0.3 is 0 Å². The third kappa shape index (κ3) is 4.53.